The van der Waals surface area contributed by atoms with Gasteiger partial charge in [-0.1, -0.05) is 34.6 Å². The Morgan fingerprint density at radius 2 is 1.86 bits per heavy atom. The largest absolute Gasteiger partial charge is 0.391 e. The third-order valence-corrected chi connectivity index (χ3v) is 1.97. The summed E-state index contributed by atoms with van der Waals surface area (Å²) in [6.07, 6.45) is 0.0524. The van der Waals surface area contributed by atoms with Crippen LogP contribution in [0.2, 0.25) is 0 Å². The van der Waals surface area contributed by atoms with Crippen molar-refractivity contribution in [2.24, 2.45) is 11.3 Å². The molecule has 0 aliphatic carbocycles. The summed E-state index contributed by atoms with van der Waals surface area (Å²) in [4.78, 5) is 11.4. The predicted octanol–water partition coefficient (Wildman–Crippen LogP) is 1.56. The van der Waals surface area contributed by atoms with E-state index < -0.39 is 6.10 Å². The van der Waals surface area contributed by atoms with Crippen LogP contribution in [0.4, 0.5) is 0 Å². The molecule has 0 saturated carbocycles. The third-order valence-electron chi connectivity index (χ3n) is 1.97. The highest BCUT2D eigenvalue weighted by molar-refractivity contribution is 5.76. The topological polar surface area (TPSA) is 49.3 Å². The summed E-state index contributed by atoms with van der Waals surface area (Å²) in [5.74, 6) is 0.196. The number of aliphatic hydroxyl groups excluding tert-OH is 1. The summed E-state index contributed by atoms with van der Waals surface area (Å²) >= 11 is 0. The van der Waals surface area contributed by atoms with Crippen LogP contribution in [0.1, 0.15) is 41.0 Å². The van der Waals surface area contributed by atoms with E-state index in [0.717, 1.165) is 0 Å². The summed E-state index contributed by atoms with van der Waals surface area (Å²) in [6.45, 7) is 10.3. The molecule has 0 aromatic rings. The number of carbonyl (C=O) groups is 1. The molecular formula is C11H23NO2. The molecule has 84 valence electrons. The number of carbonyl (C=O) groups excluding carboxylic acids is 1. The average Bonchev–Trinajstić information content (AvgIpc) is 1.96. The van der Waals surface area contributed by atoms with Crippen LogP contribution < -0.4 is 5.32 Å². The van der Waals surface area contributed by atoms with E-state index in [2.05, 4.69) is 5.32 Å². The molecule has 1 atom stereocenters. The van der Waals surface area contributed by atoms with Gasteiger partial charge in [0, 0.05) is 13.0 Å². The molecule has 0 radical (unpaired) electrons. The van der Waals surface area contributed by atoms with Crippen molar-refractivity contribution < 1.29 is 9.90 Å². The molecule has 0 heterocycles. The summed E-state index contributed by atoms with van der Waals surface area (Å²) < 4.78 is 0. The number of rotatable bonds is 4. The molecule has 3 heteroatoms. The fraction of sp³-hybridized carbons (Fsp3) is 0.909. The molecule has 2 N–H and O–H groups in total. The van der Waals surface area contributed by atoms with Crippen molar-refractivity contribution >= 4 is 5.91 Å². The van der Waals surface area contributed by atoms with Gasteiger partial charge in [-0.2, -0.15) is 0 Å². The first-order valence-electron chi connectivity index (χ1n) is 5.17. The third kappa shape index (κ3) is 6.89. The fourth-order valence-electron chi connectivity index (χ4n) is 0.998. The monoisotopic (exact) mass is 201 g/mol. The molecule has 0 aliphatic rings. The molecule has 14 heavy (non-hydrogen) atoms. The van der Waals surface area contributed by atoms with E-state index in [0.29, 0.717) is 13.0 Å². The molecule has 0 rings (SSSR count). The highest BCUT2D eigenvalue weighted by Gasteiger charge is 2.17. The van der Waals surface area contributed by atoms with Crippen LogP contribution in [-0.4, -0.2) is 23.7 Å². The van der Waals surface area contributed by atoms with E-state index in [-0.39, 0.29) is 17.2 Å². The SMILES string of the molecule is CC(C)[C@H](O)CNC(=O)CC(C)(C)C. The van der Waals surface area contributed by atoms with E-state index in [1.165, 1.54) is 0 Å². The molecule has 0 unspecified atom stereocenters. The van der Waals surface area contributed by atoms with E-state index in [9.17, 15) is 9.90 Å². The van der Waals surface area contributed by atoms with Gasteiger partial charge in [-0.15, -0.1) is 0 Å². The van der Waals surface area contributed by atoms with Gasteiger partial charge >= 0.3 is 0 Å². The van der Waals surface area contributed by atoms with Gasteiger partial charge < -0.3 is 10.4 Å². The Morgan fingerprint density at radius 3 is 2.21 bits per heavy atom. The number of amides is 1. The zero-order chi connectivity index (χ0) is 11.4. The van der Waals surface area contributed by atoms with Gasteiger partial charge in [0.15, 0.2) is 0 Å². The Labute approximate surface area is 86.9 Å². The lowest BCUT2D eigenvalue weighted by Crippen LogP contribution is -2.36. The van der Waals surface area contributed by atoms with E-state index in [1.807, 2.05) is 34.6 Å². The number of hydrogen-bond donors (Lipinski definition) is 2. The van der Waals surface area contributed by atoms with Crippen molar-refractivity contribution in [1.82, 2.24) is 5.32 Å². The van der Waals surface area contributed by atoms with E-state index >= 15 is 0 Å². The molecular weight excluding hydrogens is 178 g/mol. The molecule has 0 aliphatic heterocycles. The minimum absolute atomic E-state index is 0.00681. The summed E-state index contributed by atoms with van der Waals surface area (Å²) in [5, 5.41) is 12.2. The van der Waals surface area contributed by atoms with Crippen LogP contribution in [0.5, 0.6) is 0 Å². The Kier molecular flexibility index (Phi) is 5.13. The van der Waals surface area contributed by atoms with Crippen LogP contribution in [0, 0.1) is 11.3 Å². The highest BCUT2D eigenvalue weighted by atomic mass is 16.3. The second kappa shape index (κ2) is 5.35. The molecule has 0 aromatic carbocycles. The van der Waals surface area contributed by atoms with Gasteiger partial charge in [0.05, 0.1) is 6.10 Å². The van der Waals surface area contributed by atoms with Gasteiger partial charge in [-0.05, 0) is 11.3 Å². The van der Waals surface area contributed by atoms with Crippen molar-refractivity contribution in [3.63, 3.8) is 0 Å². The molecule has 1 amide bonds. The number of hydrogen-bond acceptors (Lipinski definition) is 2. The first kappa shape index (κ1) is 13.4. The quantitative estimate of drug-likeness (QED) is 0.725. The van der Waals surface area contributed by atoms with E-state index in [4.69, 9.17) is 0 Å². The van der Waals surface area contributed by atoms with Crippen LogP contribution in [0.25, 0.3) is 0 Å². The van der Waals surface area contributed by atoms with Crippen LogP contribution in [-0.2, 0) is 4.79 Å². The second-order valence-electron chi connectivity index (χ2n) is 5.35. The molecule has 0 aromatic heterocycles. The molecule has 0 spiro atoms. The summed E-state index contributed by atoms with van der Waals surface area (Å²) in [6, 6.07) is 0. The van der Waals surface area contributed by atoms with Gasteiger partial charge in [-0.25, -0.2) is 0 Å². The van der Waals surface area contributed by atoms with Crippen molar-refractivity contribution in [2.45, 2.75) is 47.1 Å². The lowest BCUT2D eigenvalue weighted by Gasteiger charge is -2.19. The van der Waals surface area contributed by atoms with Crippen molar-refractivity contribution in [1.29, 1.82) is 0 Å². The normalized spacial score (nSPS) is 14.2. The Hall–Kier alpha value is -0.570. The van der Waals surface area contributed by atoms with Crippen LogP contribution in [0.15, 0.2) is 0 Å². The van der Waals surface area contributed by atoms with E-state index in [1.54, 1.807) is 0 Å². The lowest BCUT2D eigenvalue weighted by atomic mass is 9.92. The fourth-order valence-corrected chi connectivity index (χ4v) is 0.998. The first-order chi connectivity index (χ1) is 6.22. The minimum Gasteiger partial charge on any atom is -0.391 e. The Bertz CT molecular complexity index is 182. The highest BCUT2D eigenvalue weighted by Crippen LogP contribution is 2.17. The van der Waals surface area contributed by atoms with Crippen LogP contribution in [0.3, 0.4) is 0 Å². The van der Waals surface area contributed by atoms with Gasteiger partial charge in [-0.3, -0.25) is 4.79 Å². The minimum atomic E-state index is -0.445. The Morgan fingerprint density at radius 1 is 1.36 bits per heavy atom. The average molecular weight is 201 g/mol. The maximum Gasteiger partial charge on any atom is 0.220 e. The van der Waals surface area contributed by atoms with Crippen molar-refractivity contribution in [3.8, 4) is 0 Å². The van der Waals surface area contributed by atoms with Crippen molar-refractivity contribution in [3.05, 3.63) is 0 Å². The number of aliphatic hydroxyl groups is 1. The first-order valence-corrected chi connectivity index (χ1v) is 5.17. The molecule has 3 nitrogen and oxygen atoms in total. The van der Waals surface area contributed by atoms with Gasteiger partial charge in [0.2, 0.25) is 5.91 Å². The van der Waals surface area contributed by atoms with Crippen molar-refractivity contribution in [2.75, 3.05) is 6.54 Å². The zero-order valence-electron chi connectivity index (χ0n) is 9.92. The summed E-state index contributed by atoms with van der Waals surface area (Å²) in [7, 11) is 0. The maximum absolute atomic E-state index is 11.4. The van der Waals surface area contributed by atoms with Gasteiger partial charge in [0.25, 0.3) is 0 Å². The standard InChI is InChI=1S/C11H23NO2/c1-8(2)9(13)7-12-10(14)6-11(3,4)5/h8-9,13H,6-7H2,1-5H3,(H,12,14)/t9-/m1/s1. The van der Waals surface area contributed by atoms with Gasteiger partial charge in [0.1, 0.15) is 0 Å². The van der Waals surface area contributed by atoms with Crippen LogP contribution >= 0.6 is 0 Å². The lowest BCUT2D eigenvalue weighted by molar-refractivity contribution is -0.123. The zero-order valence-corrected chi connectivity index (χ0v) is 9.92. The molecule has 0 saturated heterocycles. The predicted molar refractivity (Wildman–Crippen MR) is 57.9 cm³/mol. The Balaban J connectivity index is 3.75. The number of nitrogens with one attached hydrogen (secondary N) is 1. The molecule has 0 fully saturated rings. The summed E-state index contributed by atoms with van der Waals surface area (Å²) in [5.41, 5.74) is 0.00681. The second-order valence-corrected chi connectivity index (χ2v) is 5.35. The smallest absolute Gasteiger partial charge is 0.220 e. The molecule has 0 bridgehead atoms. The maximum atomic E-state index is 11.4.